The maximum atomic E-state index is 13.8. The highest BCUT2D eigenvalue weighted by molar-refractivity contribution is 9.10. The van der Waals surface area contributed by atoms with Crippen LogP contribution >= 0.6 is 15.9 Å². The SMILES string of the molecule is CCN(CC)CC(C)NC(C)c1cc(Br)ccc1F. The van der Waals surface area contributed by atoms with Gasteiger partial charge in [-0.15, -0.1) is 0 Å². The molecular weight excluding hydrogens is 307 g/mol. The van der Waals surface area contributed by atoms with Gasteiger partial charge in [-0.3, -0.25) is 0 Å². The second kappa shape index (κ2) is 7.98. The molecule has 0 aromatic heterocycles. The first-order chi connectivity index (χ1) is 8.97. The summed E-state index contributed by atoms with van der Waals surface area (Å²) < 4.78 is 14.7. The summed E-state index contributed by atoms with van der Waals surface area (Å²) in [6.45, 7) is 11.5. The van der Waals surface area contributed by atoms with Gasteiger partial charge in [0.15, 0.2) is 0 Å². The van der Waals surface area contributed by atoms with E-state index in [9.17, 15) is 4.39 Å². The van der Waals surface area contributed by atoms with Crippen molar-refractivity contribution in [1.29, 1.82) is 0 Å². The molecule has 0 heterocycles. The molecule has 0 bridgehead atoms. The second-order valence-corrected chi connectivity index (χ2v) is 5.86. The van der Waals surface area contributed by atoms with Gasteiger partial charge in [0.05, 0.1) is 0 Å². The van der Waals surface area contributed by atoms with Gasteiger partial charge in [-0.1, -0.05) is 29.8 Å². The summed E-state index contributed by atoms with van der Waals surface area (Å²) in [5.41, 5.74) is 0.709. The molecule has 108 valence electrons. The second-order valence-electron chi connectivity index (χ2n) is 4.94. The zero-order valence-electron chi connectivity index (χ0n) is 12.2. The number of hydrogen-bond acceptors (Lipinski definition) is 2. The highest BCUT2D eigenvalue weighted by Crippen LogP contribution is 2.21. The first kappa shape index (κ1) is 16.6. The molecule has 2 nitrogen and oxygen atoms in total. The van der Waals surface area contributed by atoms with Crippen LogP contribution in [0.1, 0.15) is 39.3 Å². The summed E-state index contributed by atoms with van der Waals surface area (Å²) in [5, 5.41) is 3.46. The maximum Gasteiger partial charge on any atom is 0.128 e. The third-order valence-corrected chi connectivity index (χ3v) is 3.88. The normalized spacial score (nSPS) is 14.7. The Kier molecular flexibility index (Phi) is 6.97. The number of nitrogens with one attached hydrogen (secondary N) is 1. The predicted octanol–water partition coefficient (Wildman–Crippen LogP) is 3.97. The first-order valence-electron chi connectivity index (χ1n) is 6.91. The van der Waals surface area contributed by atoms with Crippen LogP contribution in [0.2, 0.25) is 0 Å². The van der Waals surface area contributed by atoms with E-state index in [-0.39, 0.29) is 11.9 Å². The van der Waals surface area contributed by atoms with Crippen molar-refractivity contribution in [3.63, 3.8) is 0 Å². The predicted molar refractivity (Wildman–Crippen MR) is 82.9 cm³/mol. The number of hydrogen-bond donors (Lipinski definition) is 1. The van der Waals surface area contributed by atoms with Crippen LogP contribution in [0.5, 0.6) is 0 Å². The van der Waals surface area contributed by atoms with Crippen LogP contribution in [0.15, 0.2) is 22.7 Å². The van der Waals surface area contributed by atoms with Gasteiger partial charge in [0.2, 0.25) is 0 Å². The van der Waals surface area contributed by atoms with E-state index in [2.05, 4.69) is 46.9 Å². The van der Waals surface area contributed by atoms with Crippen molar-refractivity contribution in [3.8, 4) is 0 Å². The summed E-state index contributed by atoms with van der Waals surface area (Å²) in [4.78, 5) is 2.36. The fourth-order valence-electron chi connectivity index (χ4n) is 2.28. The van der Waals surface area contributed by atoms with E-state index >= 15 is 0 Å². The highest BCUT2D eigenvalue weighted by Gasteiger charge is 2.15. The van der Waals surface area contributed by atoms with Gasteiger partial charge in [0, 0.05) is 28.7 Å². The molecule has 0 amide bonds. The molecule has 1 N–H and O–H groups in total. The lowest BCUT2D eigenvalue weighted by Gasteiger charge is -2.26. The van der Waals surface area contributed by atoms with Crippen LogP contribution < -0.4 is 5.32 Å². The lowest BCUT2D eigenvalue weighted by atomic mass is 10.1. The maximum absolute atomic E-state index is 13.8. The van der Waals surface area contributed by atoms with Crippen molar-refractivity contribution in [1.82, 2.24) is 10.2 Å². The molecule has 0 saturated heterocycles. The fraction of sp³-hybridized carbons (Fsp3) is 0.600. The third-order valence-electron chi connectivity index (χ3n) is 3.39. The Morgan fingerprint density at radius 3 is 2.47 bits per heavy atom. The van der Waals surface area contributed by atoms with Gasteiger partial charge in [0.25, 0.3) is 0 Å². The van der Waals surface area contributed by atoms with Gasteiger partial charge in [-0.05, 0) is 45.1 Å². The van der Waals surface area contributed by atoms with Crippen molar-refractivity contribution >= 4 is 15.9 Å². The average Bonchev–Trinajstić information content (AvgIpc) is 2.38. The Morgan fingerprint density at radius 2 is 1.89 bits per heavy atom. The number of rotatable bonds is 7. The summed E-state index contributed by atoms with van der Waals surface area (Å²) >= 11 is 3.39. The highest BCUT2D eigenvalue weighted by atomic mass is 79.9. The zero-order valence-corrected chi connectivity index (χ0v) is 13.8. The number of likely N-dealkylation sites (N-methyl/N-ethyl adjacent to an activating group) is 1. The van der Waals surface area contributed by atoms with E-state index < -0.39 is 0 Å². The molecule has 0 aliphatic rings. The molecule has 1 rings (SSSR count). The molecule has 1 aromatic rings. The van der Waals surface area contributed by atoms with Crippen LogP contribution in [0, 0.1) is 5.82 Å². The molecule has 19 heavy (non-hydrogen) atoms. The van der Waals surface area contributed by atoms with E-state index in [0.29, 0.717) is 11.6 Å². The van der Waals surface area contributed by atoms with E-state index in [0.717, 1.165) is 24.1 Å². The topological polar surface area (TPSA) is 15.3 Å². The standard InChI is InChI=1S/C15H24BrFN2/c1-5-19(6-2)10-11(3)18-12(4)14-9-13(16)7-8-15(14)17/h7-9,11-12,18H,5-6,10H2,1-4H3. The summed E-state index contributed by atoms with van der Waals surface area (Å²) in [5.74, 6) is -0.154. The van der Waals surface area contributed by atoms with Gasteiger partial charge < -0.3 is 10.2 Å². The van der Waals surface area contributed by atoms with Gasteiger partial charge in [0.1, 0.15) is 5.82 Å². The Bertz CT molecular complexity index is 394. The Morgan fingerprint density at radius 1 is 1.26 bits per heavy atom. The Hall–Kier alpha value is -0.450. The van der Waals surface area contributed by atoms with Gasteiger partial charge >= 0.3 is 0 Å². The average molecular weight is 331 g/mol. The molecule has 0 aliphatic heterocycles. The van der Waals surface area contributed by atoms with Crippen molar-refractivity contribution < 1.29 is 4.39 Å². The van der Waals surface area contributed by atoms with Crippen LogP contribution in [0.25, 0.3) is 0 Å². The lowest BCUT2D eigenvalue weighted by Crippen LogP contribution is -2.40. The van der Waals surface area contributed by atoms with E-state index in [1.165, 1.54) is 6.07 Å². The quantitative estimate of drug-likeness (QED) is 0.813. The van der Waals surface area contributed by atoms with E-state index in [4.69, 9.17) is 0 Å². The Labute approximate surface area is 124 Å². The molecule has 1 aromatic carbocycles. The molecule has 0 spiro atoms. The molecule has 0 radical (unpaired) electrons. The van der Waals surface area contributed by atoms with E-state index in [1.807, 2.05) is 13.0 Å². The third kappa shape index (κ3) is 5.21. The number of halogens is 2. The smallest absolute Gasteiger partial charge is 0.128 e. The molecule has 2 atom stereocenters. The number of benzene rings is 1. The van der Waals surface area contributed by atoms with Crippen molar-refractivity contribution in [3.05, 3.63) is 34.1 Å². The zero-order chi connectivity index (χ0) is 14.4. The minimum absolute atomic E-state index is 0.00284. The first-order valence-corrected chi connectivity index (χ1v) is 7.70. The summed E-state index contributed by atoms with van der Waals surface area (Å²) in [6, 6.07) is 5.41. The largest absolute Gasteiger partial charge is 0.306 e. The molecule has 4 heteroatoms. The van der Waals surface area contributed by atoms with Crippen LogP contribution in [0.4, 0.5) is 4.39 Å². The monoisotopic (exact) mass is 330 g/mol. The number of nitrogens with zero attached hydrogens (tertiary/aromatic N) is 1. The molecule has 2 unspecified atom stereocenters. The van der Waals surface area contributed by atoms with Gasteiger partial charge in [-0.2, -0.15) is 0 Å². The summed E-state index contributed by atoms with van der Waals surface area (Å²) in [6.07, 6.45) is 0. The van der Waals surface area contributed by atoms with Crippen LogP contribution in [-0.2, 0) is 0 Å². The van der Waals surface area contributed by atoms with Crippen molar-refractivity contribution in [2.45, 2.75) is 39.8 Å². The minimum atomic E-state index is -0.154. The van der Waals surface area contributed by atoms with E-state index in [1.54, 1.807) is 6.07 Å². The lowest BCUT2D eigenvalue weighted by molar-refractivity contribution is 0.263. The Balaban J connectivity index is 2.63. The molecule has 0 saturated carbocycles. The van der Waals surface area contributed by atoms with Crippen LogP contribution in [-0.4, -0.2) is 30.6 Å². The molecule has 0 aliphatic carbocycles. The summed E-state index contributed by atoms with van der Waals surface area (Å²) in [7, 11) is 0. The van der Waals surface area contributed by atoms with Gasteiger partial charge in [-0.25, -0.2) is 4.39 Å². The molecule has 0 fully saturated rings. The fourth-order valence-corrected chi connectivity index (χ4v) is 2.66. The van der Waals surface area contributed by atoms with Crippen molar-refractivity contribution in [2.24, 2.45) is 0 Å². The van der Waals surface area contributed by atoms with Crippen LogP contribution in [0.3, 0.4) is 0 Å². The van der Waals surface area contributed by atoms with Crippen molar-refractivity contribution in [2.75, 3.05) is 19.6 Å². The molecular formula is C15H24BrFN2. The minimum Gasteiger partial charge on any atom is -0.306 e.